The molecule has 10 N–H and O–H groups in total. The molecule has 3 aliphatic rings. The molecule has 0 aliphatic carbocycles. The average molecular weight is 870 g/mol. The van der Waals surface area contributed by atoms with Crippen LogP contribution in [0.4, 0.5) is 0 Å². The standard InChI is InChI=1S/C47H55N11O6/c1-47(2)45(64)55-36(21-29-24-51-33-15-7-5-13-31(29)33)40(59)53-35(17-9-19-50-46(48)49)43(62)57-20-10-18-38(57)44(63)58-26-28-12-4-3-11-27(28)23-39(58)42(61)54-37(41(60)56-47)22-30-25-52-34-16-8-6-14-32(30)34/h3-8,11-16,24-25,35-39,51-52H,9-10,17-23,26H2,1-2H3,(H,53,59)(H,54,61)(H,55,64)(H,56,60)(H4,48,49,50)/t35-,36-,37-,38?,39-/m0/s1. The quantitative estimate of drug-likeness (QED) is 0.0647. The number of nitrogens with one attached hydrogen (secondary N) is 6. The van der Waals surface area contributed by atoms with Crippen molar-refractivity contribution in [3.63, 3.8) is 0 Å². The minimum Gasteiger partial charge on any atom is -0.370 e. The van der Waals surface area contributed by atoms with Crippen LogP contribution in [0.2, 0.25) is 0 Å². The normalized spacial score (nSPS) is 23.2. The van der Waals surface area contributed by atoms with Gasteiger partial charge in [-0.3, -0.25) is 33.8 Å². The van der Waals surface area contributed by atoms with Crippen molar-refractivity contribution in [1.82, 2.24) is 41.0 Å². The first-order valence-corrected chi connectivity index (χ1v) is 21.8. The van der Waals surface area contributed by atoms with Crippen LogP contribution in [0.1, 0.15) is 61.8 Å². The van der Waals surface area contributed by atoms with Crippen LogP contribution >= 0.6 is 0 Å². The lowest BCUT2D eigenvalue weighted by Gasteiger charge is -2.40. The number of guanidine groups is 1. The van der Waals surface area contributed by atoms with Crippen molar-refractivity contribution in [2.75, 3.05) is 13.1 Å². The maximum atomic E-state index is 15.0. The molecule has 5 heterocycles. The molecule has 0 saturated carbocycles. The van der Waals surface area contributed by atoms with Gasteiger partial charge in [0.2, 0.25) is 35.4 Å². The number of para-hydroxylation sites is 2. The van der Waals surface area contributed by atoms with Gasteiger partial charge in [0.25, 0.3) is 0 Å². The Hall–Kier alpha value is -7.17. The molecule has 8 rings (SSSR count). The van der Waals surface area contributed by atoms with E-state index in [1.54, 1.807) is 12.4 Å². The summed E-state index contributed by atoms with van der Waals surface area (Å²) in [5.74, 6) is -3.50. The van der Waals surface area contributed by atoms with E-state index in [4.69, 9.17) is 11.5 Å². The van der Waals surface area contributed by atoms with Crippen molar-refractivity contribution in [2.45, 2.75) is 101 Å². The highest BCUT2D eigenvalue weighted by atomic mass is 16.2. The summed E-state index contributed by atoms with van der Waals surface area (Å²) in [4.78, 5) is 102. The van der Waals surface area contributed by atoms with Crippen molar-refractivity contribution in [3.8, 4) is 0 Å². The Bertz CT molecular complexity index is 2630. The second-order valence-corrected chi connectivity index (χ2v) is 17.5. The van der Waals surface area contributed by atoms with Gasteiger partial charge in [0.1, 0.15) is 35.7 Å². The number of amides is 6. The summed E-state index contributed by atoms with van der Waals surface area (Å²) in [6, 6.07) is 17.2. The molecule has 1 unspecified atom stereocenters. The number of hydrogen-bond acceptors (Lipinski definition) is 7. The second-order valence-electron chi connectivity index (χ2n) is 17.5. The van der Waals surface area contributed by atoms with E-state index in [-0.39, 0.29) is 51.3 Å². The molecule has 64 heavy (non-hydrogen) atoms. The number of benzene rings is 3. The van der Waals surface area contributed by atoms with Gasteiger partial charge >= 0.3 is 0 Å². The first-order chi connectivity index (χ1) is 30.8. The third-order valence-electron chi connectivity index (χ3n) is 12.7. The Morgan fingerprint density at radius 2 is 1.28 bits per heavy atom. The Kier molecular flexibility index (Phi) is 12.4. The molecule has 334 valence electrons. The van der Waals surface area contributed by atoms with Crippen molar-refractivity contribution in [1.29, 1.82) is 0 Å². The lowest BCUT2D eigenvalue weighted by Crippen LogP contribution is -2.65. The van der Waals surface area contributed by atoms with E-state index in [1.165, 1.54) is 23.6 Å². The maximum absolute atomic E-state index is 15.0. The van der Waals surface area contributed by atoms with Gasteiger partial charge in [-0.2, -0.15) is 0 Å². The molecule has 0 bridgehead atoms. The van der Waals surface area contributed by atoms with Gasteiger partial charge in [0.15, 0.2) is 5.96 Å². The number of nitrogens with two attached hydrogens (primary N) is 2. The fourth-order valence-corrected chi connectivity index (χ4v) is 9.22. The number of aromatic nitrogens is 2. The van der Waals surface area contributed by atoms with Crippen molar-refractivity contribution in [2.24, 2.45) is 16.5 Å². The zero-order valence-corrected chi connectivity index (χ0v) is 36.0. The monoisotopic (exact) mass is 869 g/mol. The number of carbonyl (C=O) groups is 6. The summed E-state index contributed by atoms with van der Waals surface area (Å²) >= 11 is 0. The molecule has 17 heteroatoms. The first kappa shape index (κ1) is 43.5. The van der Waals surface area contributed by atoms with Gasteiger partial charge in [-0.25, -0.2) is 0 Å². The van der Waals surface area contributed by atoms with E-state index in [0.717, 1.165) is 44.1 Å². The minimum absolute atomic E-state index is 0.0302. The van der Waals surface area contributed by atoms with E-state index in [9.17, 15) is 28.8 Å². The van der Waals surface area contributed by atoms with E-state index in [1.807, 2.05) is 72.8 Å². The minimum atomic E-state index is -1.62. The van der Waals surface area contributed by atoms with Gasteiger partial charge in [0.05, 0.1) is 0 Å². The maximum Gasteiger partial charge on any atom is 0.246 e. The molecule has 2 aromatic heterocycles. The van der Waals surface area contributed by atoms with Gasteiger partial charge in [-0.05, 0) is 73.9 Å². The number of aliphatic imine (C=N–C) groups is 1. The number of H-pyrrole nitrogens is 2. The van der Waals surface area contributed by atoms with E-state index in [0.29, 0.717) is 19.3 Å². The molecule has 3 aromatic carbocycles. The molecule has 2 fully saturated rings. The molecule has 3 aliphatic heterocycles. The van der Waals surface area contributed by atoms with Crippen molar-refractivity contribution in [3.05, 3.63) is 107 Å². The Balaban J connectivity index is 1.19. The summed E-state index contributed by atoms with van der Waals surface area (Å²) in [7, 11) is 0. The first-order valence-electron chi connectivity index (χ1n) is 21.8. The summed E-state index contributed by atoms with van der Waals surface area (Å²) in [6.07, 6.45) is 5.09. The molecular weight excluding hydrogens is 815 g/mol. The van der Waals surface area contributed by atoms with Crippen molar-refractivity contribution < 1.29 is 28.8 Å². The van der Waals surface area contributed by atoms with Crippen LogP contribution in [0.25, 0.3) is 21.8 Å². The SMILES string of the molecule is CC1(C)NC(=O)[C@H](Cc2c[nH]c3ccccc23)NC(=O)[C@@H]2Cc3ccccc3CN2C(=O)C2CCCN2C(=O)[C@H](CCCN=C(N)N)NC(=O)[C@H](Cc2c[nH]c3ccccc23)NC1=O. The van der Waals surface area contributed by atoms with Crippen LogP contribution in [-0.4, -0.2) is 110 Å². The number of hydrogen-bond donors (Lipinski definition) is 8. The van der Waals surface area contributed by atoms with Gasteiger partial charge in [0, 0.05) is 73.1 Å². The summed E-state index contributed by atoms with van der Waals surface area (Å²) < 4.78 is 0. The van der Waals surface area contributed by atoms with E-state index < -0.39 is 71.2 Å². The van der Waals surface area contributed by atoms with Gasteiger partial charge in [-0.1, -0.05) is 60.7 Å². The predicted octanol–water partition coefficient (Wildman–Crippen LogP) is 1.80. The number of aromatic amines is 2. The summed E-state index contributed by atoms with van der Waals surface area (Å²) in [5.41, 5.74) is 14.5. The topological polar surface area (TPSA) is 253 Å². The lowest BCUT2D eigenvalue weighted by molar-refractivity contribution is -0.150. The van der Waals surface area contributed by atoms with Crippen LogP contribution in [0, 0.1) is 0 Å². The third-order valence-corrected chi connectivity index (χ3v) is 12.7. The second kappa shape index (κ2) is 18.3. The highest BCUT2D eigenvalue weighted by Crippen LogP contribution is 2.29. The molecule has 5 aromatic rings. The lowest BCUT2D eigenvalue weighted by atomic mass is 9.92. The largest absolute Gasteiger partial charge is 0.370 e. The summed E-state index contributed by atoms with van der Waals surface area (Å²) in [5, 5.41) is 13.4. The van der Waals surface area contributed by atoms with Crippen LogP contribution in [0.3, 0.4) is 0 Å². The number of nitrogens with zero attached hydrogens (tertiary/aromatic N) is 3. The zero-order chi connectivity index (χ0) is 45.1. The average Bonchev–Trinajstić information content (AvgIpc) is 4.05. The molecule has 0 spiro atoms. The molecule has 17 nitrogen and oxygen atoms in total. The van der Waals surface area contributed by atoms with Crippen LogP contribution < -0.4 is 32.7 Å². The van der Waals surface area contributed by atoms with Gasteiger partial charge in [-0.15, -0.1) is 0 Å². The van der Waals surface area contributed by atoms with Crippen molar-refractivity contribution >= 4 is 63.2 Å². The predicted molar refractivity (Wildman–Crippen MR) is 241 cm³/mol. The van der Waals surface area contributed by atoms with E-state index in [2.05, 4.69) is 36.2 Å². The van der Waals surface area contributed by atoms with Crippen LogP contribution in [0.15, 0.2) is 90.2 Å². The number of rotatable bonds is 8. The Morgan fingerprint density at radius 1 is 0.688 bits per heavy atom. The smallest absolute Gasteiger partial charge is 0.246 e. The number of carbonyl (C=O) groups excluding carboxylic acids is 6. The molecule has 6 amide bonds. The Morgan fingerprint density at radius 3 is 1.94 bits per heavy atom. The van der Waals surface area contributed by atoms with Gasteiger partial charge < -0.3 is 52.5 Å². The van der Waals surface area contributed by atoms with E-state index >= 15 is 0 Å². The fourth-order valence-electron chi connectivity index (χ4n) is 9.22. The number of fused-ring (bicyclic) bond motifs is 5. The summed E-state index contributed by atoms with van der Waals surface area (Å²) in [6.45, 7) is 3.57. The molecule has 2 saturated heterocycles. The molecule has 0 radical (unpaired) electrons. The molecular formula is C47H55N11O6. The van der Waals surface area contributed by atoms with Crippen LogP contribution in [0.5, 0.6) is 0 Å². The highest BCUT2D eigenvalue weighted by Gasteiger charge is 2.45. The van der Waals surface area contributed by atoms with Crippen LogP contribution in [-0.2, 0) is 54.6 Å². The Labute approximate surface area is 370 Å². The third kappa shape index (κ3) is 9.14. The molecule has 5 atom stereocenters. The fraction of sp³-hybridized carbons (Fsp3) is 0.383. The zero-order valence-electron chi connectivity index (χ0n) is 36.0. The highest BCUT2D eigenvalue weighted by molar-refractivity contribution is 6.00.